The molecule has 0 aromatic carbocycles. The third-order valence-corrected chi connectivity index (χ3v) is 3.07. The molecule has 2 aromatic rings. The molecule has 0 aliphatic carbocycles. The van der Waals surface area contributed by atoms with Crippen LogP contribution >= 0.6 is 0 Å². The maximum absolute atomic E-state index is 4.50. The quantitative estimate of drug-likeness (QED) is 0.881. The van der Waals surface area contributed by atoms with E-state index < -0.39 is 0 Å². The van der Waals surface area contributed by atoms with Crippen LogP contribution < -0.4 is 5.32 Å². The summed E-state index contributed by atoms with van der Waals surface area (Å²) < 4.78 is 3.88. The van der Waals surface area contributed by atoms with Crippen LogP contribution in [0.15, 0.2) is 12.4 Å². The number of hydrogen-bond donors (Lipinski definition) is 1. The van der Waals surface area contributed by atoms with E-state index in [0.29, 0.717) is 0 Å². The minimum atomic E-state index is 0.788. The standard InChI is InChI=1S/C13H21N5/c1-5-6-18-9-12(11(3)16-18)8-14-13-10(2)7-15-17(13)4/h7,9,14H,5-6,8H2,1-4H3. The lowest BCUT2D eigenvalue weighted by Gasteiger charge is -2.07. The number of nitrogens with zero attached hydrogens (tertiary/aromatic N) is 4. The van der Waals surface area contributed by atoms with E-state index in [4.69, 9.17) is 0 Å². The Morgan fingerprint density at radius 3 is 2.72 bits per heavy atom. The molecule has 5 nitrogen and oxygen atoms in total. The van der Waals surface area contributed by atoms with E-state index in [1.54, 1.807) is 0 Å². The number of aryl methyl sites for hydroxylation is 4. The highest BCUT2D eigenvalue weighted by Crippen LogP contribution is 2.14. The minimum absolute atomic E-state index is 0.788. The predicted molar refractivity (Wildman–Crippen MR) is 72.5 cm³/mol. The van der Waals surface area contributed by atoms with Gasteiger partial charge in [0.05, 0.1) is 11.9 Å². The van der Waals surface area contributed by atoms with E-state index >= 15 is 0 Å². The lowest BCUT2D eigenvalue weighted by Crippen LogP contribution is -2.06. The van der Waals surface area contributed by atoms with Crippen molar-refractivity contribution in [1.82, 2.24) is 19.6 Å². The summed E-state index contributed by atoms with van der Waals surface area (Å²) in [7, 11) is 1.95. The van der Waals surface area contributed by atoms with Gasteiger partial charge in [0.2, 0.25) is 0 Å². The first kappa shape index (κ1) is 12.7. The zero-order chi connectivity index (χ0) is 13.1. The largest absolute Gasteiger partial charge is 0.366 e. The molecule has 0 atom stereocenters. The van der Waals surface area contributed by atoms with Gasteiger partial charge in [0.15, 0.2) is 0 Å². The fourth-order valence-corrected chi connectivity index (χ4v) is 2.06. The van der Waals surface area contributed by atoms with E-state index in [1.807, 2.05) is 22.6 Å². The van der Waals surface area contributed by atoms with Crippen LogP contribution in [0.1, 0.15) is 30.2 Å². The Labute approximate surface area is 108 Å². The molecule has 98 valence electrons. The minimum Gasteiger partial charge on any atom is -0.366 e. The number of nitrogens with one attached hydrogen (secondary N) is 1. The summed E-state index contributed by atoms with van der Waals surface area (Å²) in [5, 5.41) is 12.1. The van der Waals surface area contributed by atoms with Gasteiger partial charge in [0.1, 0.15) is 5.82 Å². The summed E-state index contributed by atoms with van der Waals surface area (Å²) in [4.78, 5) is 0. The Kier molecular flexibility index (Phi) is 3.69. The lowest BCUT2D eigenvalue weighted by molar-refractivity contribution is 0.598. The van der Waals surface area contributed by atoms with Gasteiger partial charge in [-0.05, 0) is 20.3 Å². The molecule has 5 heteroatoms. The second-order valence-corrected chi connectivity index (χ2v) is 4.66. The molecule has 0 saturated heterocycles. The third-order valence-electron chi connectivity index (χ3n) is 3.07. The van der Waals surface area contributed by atoms with Gasteiger partial charge >= 0.3 is 0 Å². The molecule has 0 aliphatic rings. The van der Waals surface area contributed by atoms with Crippen molar-refractivity contribution in [2.24, 2.45) is 7.05 Å². The van der Waals surface area contributed by atoms with Crippen LogP contribution in [0.5, 0.6) is 0 Å². The molecular formula is C13H21N5. The molecule has 0 bridgehead atoms. The molecule has 2 rings (SSSR count). The topological polar surface area (TPSA) is 47.7 Å². The molecule has 18 heavy (non-hydrogen) atoms. The second kappa shape index (κ2) is 5.25. The van der Waals surface area contributed by atoms with Gasteiger partial charge in [-0.3, -0.25) is 9.36 Å². The summed E-state index contributed by atoms with van der Waals surface area (Å²) in [6.45, 7) is 8.04. The third kappa shape index (κ3) is 2.55. The van der Waals surface area contributed by atoms with Crippen molar-refractivity contribution in [1.29, 1.82) is 0 Å². The van der Waals surface area contributed by atoms with E-state index in [0.717, 1.165) is 36.6 Å². The first-order chi connectivity index (χ1) is 8.61. The summed E-state index contributed by atoms with van der Waals surface area (Å²) in [5.74, 6) is 1.07. The normalized spacial score (nSPS) is 10.9. The van der Waals surface area contributed by atoms with Crippen LogP contribution in [0.25, 0.3) is 0 Å². The maximum atomic E-state index is 4.50. The highest BCUT2D eigenvalue weighted by molar-refractivity contribution is 5.43. The summed E-state index contributed by atoms with van der Waals surface area (Å²) in [6, 6.07) is 0. The number of hydrogen-bond acceptors (Lipinski definition) is 3. The van der Waals surface area contributed by atoms with Crippen molar-refractivity contribution in [3.8, 4) is 0 Å². The molecule has 0 amide bonds. The molecule has 0 unspecified atom stereocenters. The number of rotatable bonds is 5. The van der Waals surface area contributed by atoms with E-state index in [-0.39, 0.29) is 0 Å². The first-order valence-corrected chi connectivity index (χ1v) is 6.37. The molecular weight excluding hydrogens is 226 g/mol. The van der Waals surface area contributed by atoms with Crippen LogP contribution in [-0.2, 0) is 20.1 Å². The summed E-state index contributed by atoms with van der Waals surface area (Å²) in [6.07, 6.45) is 5.10. The van der Waals surface area contributed by atoms with Crippen molar-refractivity contribution >= 4 is 5.82 Å². The van der Waals surface area contributed by atoms with Crippen LogP contribution in [0.2, 0.25) is 0 Å². The fraction of sp³-hybridized carbons (Fsp3) is 0.538. The molecule has 0 saturated carbocycles. The smallest absolute Gasteiger partial charge is 0.127 e. The van der Waals surface area contributed by atoms with E-state index in [2.05, 4.69) is 42.5 Å². The van der Waals surface area contributed by atoms with E-state index in [9.17, 15) is 0 Å². The Hall–Kier alpha value is -1.78. The van der Waals surface area contributed by atoms with Gasteiger partial charge in [-0.25, -0.2) is 0 Å². The lowest BCUT2D eigenvalue weighted by atomic mass is 10.2. The van der Waals surface area contributed by atoms with Crippen molar-refractivity contribution < 1.29 is 0 Å². The van der Waals surface area contributed by atoms with Gasteiger partial charge in [0, 0.05) is 37.5 Å². The van der Waals surface area contributed by atoms with E-state index in [1.165, 1.54) is 5.56 Å². The van der Waals surface area contributed by atoms with Crippen LogP contribution in [0, 0.1) is 13.8 Å². The molecule has 0 aliphatic heterocycles. The molecule has 0 spiro atoms. The Bertz CT molecular complexity index is 504. The van der Waals surface area contributed by atoms with Crippen LogP contribution in [-0.4, -0.2) is 19.6 Å². The van der Waals surface area contributed by atoms with Crippen molar-refractivity contribution in [3.63, 3.8) is 0 Å². The highest BCUT2D eigenvalue weighted by atomic mass is 15.3. The molecule has 2 heterocycles. The van der Waals surface area contributed by atoms with Crippen molar-refractivity contribution in [2.45, 2.75) is 40.3 Å². The molecule has 1 N–H and O–H groups in total. The summed E-state index contributed by atoms with van der Waals surface area (Å²) >= 11 is 0. The zero-order valence-corrected chi connectivity index (χ0v) is 11.6. The zero-order valence-electron chi connectivity index (χ0n) is 11.6. The Morgan fingerprint density at radius 2 is 2.11 bits per heavy atom. The SMILES string of the molecule is CCCn1cc(CNc2c(C)cnn2C)c(C)n1. The van der Waals surface area contributed by atoms with Crippen molar-refractivity contribution in [2.75, 3.05) is 5.32 Å². The highest BCUT2D eigenvalue weighted by Gasteiger charge is 2.07. The second-order valence-electron chi connectivity index (χ2n) is 4.66. The number of anilines is 1. The monoisotopic (exact) mass is 247 g/mol. The molecule has 2 aromatic heterocycles. The van der Waals surface area contributed by atoms with Gasteiger partial charge in [-0.15, -0.1) is 0 Å². The summed E-state index contributed by atoms with van der Waals surface area (Å²) in [5.41, 5.74) is 3.50. The van der Waals surface area contributed by atoms with Gasteiger partial charge in [-0.1, -0.05) is 6.92 Å². The van der Waals surface area contributed by atoms with Gasteiger partial charge in [-0.2, -0.15) is 10.2 Å². The maximum Gasteiger partial charge on any atom is 0.127 e. The fourth-order valence-electron chi connectivity index (χ4n) is 2.06. The van der Waals surface area contributed by atoms with Gasteiger partial charge < -0.3 is 5.32 Å². The average Bonchev–Trinajstić information content (AvgIpc) is 2.82. The molecule has 0 radical (unpaired) electrons. The first-order valence-electron chi connectivity index (χ1n) is 6.37. The van der Waals surface area contributed by atoms with Crippen LogP contribution in [0.4, 0.5) is 5.82 Å². The van der Waals surface area contributed by atoms with Gasteiger partial charge in [0.25, 0.3) is 0 Å². The average molecular weight is 247 g/mol. The number of aromatic nitrogens is 4. The Balaban J connectivity index is 2.06. The predicted octanol–water partition coefficient (Wildman–Crippen LogP) is 2.26. The van der Waals surface area contributed by atoms with Crippen molar-refractivity contribution in [3.05, 3.63) is 29.2 Å². The molecule has 0 fully saturated rings. The van der Waals surface area contributed by atoms with Crippen LogP contribution in [0.3, 0.4) is 0 Å². The Morgan fingerprint density at radius 1 is 1.33 bits per heavy atom.